The molecule has 3 aromatic rings. The van der Waals surface area contributed by atoms with Gasteiger partial charge in [-0.2, -0.15) is 4.52 Å². The van der Waals surface area contributed by atoms with E-state index in [0.717, 1.165) is 30.8 Å². The van der Waals surface area contributed by atoms with Crippen LogP contribution in [0.1, 0.15) is 41.6 Å². The molecule has 4 rings (SSSR count). The number of aromatic hydroxyl groups is 1. The Kier molecular flexibility index (Phi) is 3.97. The first-order valence-electron chi connectivity index (χ1n) is 8.29. The maximum atomic E-state index is 14.5. The number of nitrogens with one attached hydrogen (secondary N) is 1. The van der Waals surface area contributed by atoms with Crippen molar-refractivity contribution in [2.75, 3.05) is 13.1 Å². The van der Waals surface area contributed by atoms with Crippen LogP contribution in [-0.4, -0.2) is 32.8 Å². The first kappa shape index (κ1) is 15.5. The predicted octanol–water partition coefficient (Wildman–Crippen LogP) is 2.10. The minimum absolute atomic E-state index is 0.0851. The van der Waals surface area contributed by atoms with Gasteiger partial charge >= 0.3 is 0 Å². The summed E-state index contributed by atoms with van der Waals surface area (Å²) in [7, 11) is 0. The maximum absolute atomic E-state index is 14.5. The summed E-state index contributed by atoms with van der Waals surface area (Å²) in [6.45, 7) is 3.75. The largest absolute Gasteiger partial charge is 0.492 e. The SMILES string of the molecule is Cc1nc2sc([C@H](c3ccccc3F)[NH+]3CCCCC3)c(O)n2n1. The second kappa shape index (κ2) is 6.14. The van der Waals surface area contributed by atoms with Crippen LogP contribution in [0.2, 0.25) is 0 Å². The van der Waals surface area contributed by atoms with Crippen LogP contribution in [0.25, 0.3) is 4.96 Å². The fourth-order valence-corrected chi connectivity index (χ4v) is 4.76. The Morgan fingerprint density at radius 1 is 1.25 bits per heavy atom. The van der Waals surface area contributed by atoms with E-state index in [1.165, 1.54) is 33.2 Å². The van der Waals surface area contributed by atoms with E-state index < -0.39 is 0 Å². The number of fused-ring (bicyclic) bond motifs is 1. The average Bonchev–Trinajstić information content (AvgIpc) is 3.09. The van der Waals surface area contributed by atoms with Crippen molar-refractivity contribution < 1.29 is 14.4 Å². The van der Waals surface area contributed by atoms with Gasteiger partial charge in [0.05, 0.1) is 18.7 Å². The minimum Gasteiger partial charge on any atom is -0.492 e. The highest BCUT2D eigenvalue weighted by Gasteiger charge is 2.35. The normalized spacial score (nSPS) is 17.4. The highest BCUT2D eigenvalue weighted by molar-refractivity contribution is 7.17. The van der Waals surface area contributed by atoms with Gasteiger partial charge in [-0.1, -0.05) is 23.5 Å². The van der Waals surface area contributed by atoms with Crippen LogP contribution in [0.5, 0.6) is 5.88 Å². The number of aryl methyl sites for hydroxylation is 1. The third-order valence-electron chi connectivity index (χ3n) is 4.69. The fraction of sp³-hybridized carbons (Fsp3) is 0.412. The number of benzene rings is 1. The van der Waals surface area contributed by atoms with Gasteiger partial charge in [0, 0.05) is 0 Å². The van der Waals surface area contributed by atoms with Gasteiger partial charge in [-0.3, -0.25) is 0 Å². The molecule has 0 amide bonds. The molecule has 0 spiro atoms. The molecule has 1 saturated heterocycles. The zero-order chi connectivity index (χ0) is 16.7. The van der Waals surface area contributed by atoms with Crippen molar-refractivity contribution in [1.82, 2.24) is 14.6 Å². The number of hydrogen-bond acceptors (Lipinski definition) is 4. The molecule has 1 aliphatic rings. The first-order valence-corrected chi connectivity index (χ1v) is 9.11. The van der Waals surface area contributed by atoms with Crippen LogP contribution in [0.4, 0.5) is 4.39 Å². The molecule has 0 bridgehead atoms. The Morgan fingerprint density at radius 3 is 2.71 bits per heavy atom. The second-order valence-electron chi connectivity index (χ2n) is 6.32. The molecule has 1 aromatic carbocycles. The summed E-state index contributed by atoms with van der Waals surface area (Å²) in [6.07, 6.45) is 3.47. The van der Waals surface area contributed by atoms with Gasteiger partial charge in [0.25, 0.3) is 0 Å². The number of nitrogens with zero attached hydrogens (tertiary/aromatic N) is 3. The Bertz CT molecular complexity index is 869. The molecule has 0 aliphatic carbocycles. The van der Waals surface area contributed by atoms with Crippen molar-refractivity contribution in [3.8, 4) is 5.88 Å². The van der Waals surface area contributed by atoms with E-state index in [1.807, 2.05) is 12.1 Å². The standard InChI is InChI=1S/C17H19FN4OS/c1-11-19-17-22(20-11)16(23)15(24-17)14(21-9-5-2-6-10-21)12-7-3-4-8-13(12)18/h3-4,7-8,14,23H,2,5-6,9-10H2,1H3/p+1/t14-/m0/s1. The number of quaternary nitrogens is 1. The quantitative estimate of drug-likeness (QED) is 0.763. The van der Waals surface area contributed by atoms with Gasteiger partial charge < -0.3 is 10.0 Å². The Morgan fingerprint density at radius 2 is 2.00 bits per heavy atom. The zero-order valence-electron chi connectivity index (χ0n) is 13.5. The molecule has 3 heterocycles. The van der Waals surface area contributed by atoms with Crippen molar-refractivity contribution in [1.29, 1.82) is 0 Å². The van der Waals surface area contributed by atoms with E-state index >= 15 is 0 Å². The molecule has 1 fully saturated rings. The molecular formula is C17H20FN4OS+. The number of hydrogen-bond donors (Lipinski definition) is 2. The molecule has 2 N–H and O–H groups in total. The van der Waals surface area contributed by atoms with E-state index in [0.29, 0.717) is 16.3 Å². The third kappa shape index (κ3) is 2.57. The van der Waals surface area contributed by atoms with Gasteiger partial charge in [0.1, 0.15) is 16.5 Å². The molecule has 1 atom stereocenters. The molecule has 1 aliphatic heterocycles. The third-order valence-corrected chi connectivity index (χ3v) is 5.77. The lowest BCUT2D eigenvalue weighted by molar-refractivity contribution is -0.930. The molecule has 5 nitrogen and oxygen atoms in total. The summed E-state index contributed by atoms with van der Waals surface area (Å²) in [5, 5.41) is 14.9. The van der Waals surface area contributed by atoms with E-state index in [9.17, 15) is 9.50 Å². The van der Waals surface area contributed by atoms with Crippen LogP contribution >= 0.6 is 11.3 Å². The molecule has 0 saturated carbocycles. The van der Waals surface area contributed by atoms with Crippen LogP contribution < -0.4 is 4.90 Å². The fourth-order valence-electron chi connectivity index (χ4n) is 3.59. The summed E-state index contributed by atoms with van der Waals surface area (Å²) < 4.78 is 16.0. The Labute approximate surface area is 143 Å². The summed E-state index contributed by atoms with van der Waals surface area (Å²) in [4.78, 5) is 7.03. The Balaban J connectivity index is 1.86. The molecule has 126 valence electrons. The highest BCUT2D eigenvalue weighted by Crippen LogP contribution is 2.35. The number of rotatable bonds is 3. The molecule has 0 unspecified atom stereocenters. The van der Waals surface area contributed by atoms with E-state index in [-0.39, 0.29) is 17.7 Å². The van der Waals surface area contributed by atoms with E-state index in [4.69, 9.17) is 0 Å². The topological polar surface area (TPSA) is 54.9 Å². The van der Waals surface area contributed by atoms with Gasteiger partial charge in [0.15, 0.2) is 6.04 Å². The van der Waals surface area contributed by atoms with Gasteiger partial charge in [-0.25, -0.2) is 9.37 Å². The molecule has 7 heteroatoms. The summed E-state index contributed by atoms with van der Waals surface area (Å²) >= 11 is 1.40. The van der Waals surface area contributed by atoms with Crippen LogP contribution in [-0.2, 0) is 0 Å². The first-order chi connectivity index (χ1) is 11.6. The molecule has 24 heavy (non-hydrogen) atoms. The van der Waals surface area contributed by atoms with Crippen LogP contribution in [0, 0.1) is 12.7 Å². The minimum atomic E-state index is -0.227. The van der Waals surface area contributed by atoms with Crippen molar-refractivity contribution >= 4 is 16.3 Å². The number of aromatic nitrogens is 3. The number of thiazole rings is 1. The predicted molar refractivity (Wildman–Crippen MR) is 90.1 cm³/mol. The van der Waals surface area contributed by atoms with E-state index in [1.54, 1.807) is 13.0 Å². The second-order valence-corrected chi connectivity index (χ2v) is 7.33. The number of halogens is 1. The lowest BCUT2D eigenvalue weighted by Gasteiger charge is -2.31. The summed E-state index contributed by atoms with van der Waals surface area (Å²) in [6, 6.07) is 6.65. The van der Waals surface area contributed by atoms with Gasteiger partial charge in [-0.05, 0) is 38.3 Å². The van der Waals surface area contributed by atoms with Crippen molar-refractivity contribution in [3.05, 3.63) is 46.3 Å². The van der Waals surface area contributed by atoms with Crippen LogP contribution in [0.15, 0.2) is 24.3 Å². The number of likely N-dealkylation sites (tertiary alicyclic amines) is 1. The van der Waals surface area contributed by atoms with Crippen molar-refractivity contribution in [3.63, 3.8) is 0 Å². The molecule has 0 radical (unpaired) electrons. The van der Waals surface area contributed by atoms with Crippen LogP contribution in [0.3, 0.4) is 0 Å². The lowest BCUT2D eigenvalue weighted by Crippen LogP contribution is -3.13. The van der Waals surface area contributed by atoms with Crippen molar-refractivity contribution in [2.24, 2.45) is 0 Å². The highest BCUT2D eigenvalue weighted by atomic mass is 32.1. The zero-order valence-corrected chi connectivity index (χ0v) is 14.3. The smallest absolute Gasteiger partial charge is 0.235 e. The average molecular weight is 347 g/mol. The molecule has 2 aromatic heterocycles. The molecular weight excluding hydrogens is 327 g/mol. The maximum Gasteiger partial charge on any atom is 0.235 e. The number of piperidine rings is 1. The summed E-state index contributed by atoms with van der Waals surface area (Å²) in [5.74, 6) is 0.480. The van der Waals surface area contributed by atoms with E-state index in [2.05, 4.69) is 10.1 Å². The monoisotopic (exact) mass is 347 g/mol. The Hall–Kier alpha value is -1.99. The van der Waals surface area contributed by atoms with Gasteiger partial charge in [0.2, 0.25) is 10.8 Å². The lowest BCUT2D eigenvalue weighted by atomic mass is 10.00. The van der Waals surface area contributed by atoms with Crippen molar-refractivity contribution in [2.45, 2.75) is 32.2 Å². The van der Waals surface area contributed by atoms with Gasteiger partial charge in [-0.15, -0.1) is 5.10 Å². The summed E-state index contributed by atoms with van der Waals surface area (Å²) in [5.41, 5.74) is 0.630.